The Morgan fingerprint density at radius 3 is 2.55 bits per heavy atom. The molecule has 0 radical (unpaired) electrons. The van der Waals surface area contributed by atoms with E-state index in [1.165, 1.54) is 0 Å². The first-order chi connectivity index (χ1) is 5.34. The van der Waals surface area contributed by atoms with Crippen LogP contribution in [0.1, 0.15) is 5.56 Å². The van der Waals surface area contributed by atoms with Crippen molar-refractivity contribution in [3.63, 3.8) is 0 Å². The summed E-state index contributed by atoms with van der Waals surface area (Å²) >= 11 is 0. The van der Waals surface area contributed by atoms with Crippen molar-refractivity contribution in [1.82, 2.24) is 0 Å². The van der Waals surface area contributed by atoms with E-state index in [9.17, 15) is 0 Å². The van der Waals surface area contributed by atoms with E-state index in [1.807, 2.05) is 6.07 Å². The van der Waals surface area contributed by atoms with Crippen LogP contribution in [0.5, 0.6) is 0 Å². The van der Waals surface area contributed by atoms with Crippen molar-refractivity contribution in [2.75, 3.05) is 0 Å². The molecule has 0 unspecified atom stereocenters. The number of nitrogens with zero attached hydrogens (tertiary/aromatic N) is 1. The first kappa shape index (κ1) is 7.36. The normalized spacial score (nSPS) is 10.6. The Hall–Kier alpha value is -1.75. The van der Waals surface area contributed by atoms with Crippen LogP contribution in [0.4, 0.5) is 0 Å². The molecule has 1 aromatic carbocycles. The summed E-state index contributed by atoms with van der Waals surface area (Å²) in [6.07, 6.45) is 1.11. The van der Waals surface area contributed by atoms with Gasteiger partial charge in [-0.05, 0) is 0 Å². The molecule has 0 heterocycles. The highest BCUT2D eigenvalue weighted by Gasteiger charge is 1.93. The molecule has 0 spiro atoms. The lowest BCUT2D eigenvalue weighted by atomic mass is 10.2. The lowest BCUT2D eigenvalue weighted by Gasteiger charge is -1.94. The largest absolute Gasteiger partial charge is 0.507 e. The van der Waals surface area contributed by atoms with Gasteiger partial charge in [0.1, 0.15) is 5.76 Å². The summed E-state index contributed by atoms with van der Waals surface area (Å²) in [6.45, 7) is 0. The number of rotatable bonds is 1. The molecule has 0 amide bonds. The van der Waals surface area contributed by atoms with Crippen molar-refractivity contribution < 1.29 is 5.11 Å². The maximum absolute atomic E-state index is 9.16. The van der Waals surface area contributed by atoms with Gasteiger partial charge in [0, 0.05) is 5.56 Å². The molecule has 2 nitrogen and oxygen atoms in total. The predicted octanol–water partition coefficient (Wildman–Crippen LogP) is 2.11. The monoisotopic (exact) mass is 146 g/mol. The summed E-state index contributed by atoms with van der Waals surface area (Å²) < 4.78 is 0. The van der Waals surface area contributed by atoms with Gasteiger partial charge in [0.25, 0.3) is 0 Å². The van der Waals surface area contributed by atoms with Crippen molar-refractivity contribution >= 4 is 5.76 Å². The van der Waals surface area contributed by atoms with Gasteiger partial charge in [-0.25, -0.2) is 0 Å². The van der Waals surface area contributed by atoms with Crippen LogP contribution < -0.4 is 0 Å². The van der Waals surface area contributed by atoms with Crippen LogP contribution in [0, 0.1) is 11.3 Å². The second-order valence-electron chi connectivity index (χ2n) is 2.02. The predicted molar refractivity (Wildman–Crippen MR) is 42.7 cm³/mol. The Morgan fingerprint density at radius 1 is 1.36 bits per heavy atom. The van der Waals surface area contributed by atoms with Gasteiger partial charge in [-0.1, -0.05) is 30.3 Å². The smallest absolute Gasteiger partial charge is 0.133 e. The molecule has 1 N–H and O–H groups in total. The summed E-state index contributed by atoms with van der Waals surface area (Å²) in [5.74, 6) is 0.00750. The second kappa shape index (κ2) is 3.43. The third-order valence-corrected chi connectivity index (χ3v) is 1.27. The molecule has 0 aliphatic rings. The molecular formula is C9H7NO. The Bertz CT molecular complexity index is 295. The van der Waals surface area contributed by atoms with Crippen molar-refractivity contribution in [2.24, 2.45) is 0 Å². The van der Waals surface area contributed by atoms with Gasteiger partial charge in [-0.2, -0.15) is 5.26 Å². The highest BCUT2D eigenvalue weighted by molar-refractivity contribution is 5.60. The van der Waals surface area contributed by atoms with Crippen LogP contribution in [0.15, 0.2) is 36.4 Å². The Kier molecular flexibility index (Phi) is 2.29. The molecule has 0 saturated carbocycles. The zero-order chi connectivity index (χ0) is 8.10. The number of allylic oxidation sites excluding steroid dienone is 1. The molecule has 2 heteroatoms. The fraction of sp³-hybridized carbons (Fsp3) is 0. The Balaban J connectivity index is 2.96. The van der Waals surface area contributed by atoms with Crippen molar-refractivity contribution in [1.29, 1.82) is 5.26 Å². The van der Waals surface area contributed by atoms with E-state index in [1.54, 1.807) is 30.3 Å². The highest BCUT2D eigenvalue weighted by atomic mass is 16.3. The van der Waals surface area contributed by atoms with E-state index < -0.39 is 0 Å². The van der Waals surface area contributed by atoms with Crippen molar-refractivity contribution in [3.05, 3.63) is 42.0 Å². The lowest BCUT2D eigenvalue weighted by molar-refractivity contribution is 0.512. The Labute approximate surface area is 65.0 Å². The van der Waals surface area contributed by atoms with E-state index in [-0.39, 0.29) is 5.76 Å². The molecule has 54 valence electrons. The molecule has 0 bridgehead atoms. The molecule has 11 heavy (non-hydrogen) atoms. The first-order valence-electron chi connectivity index (χ1n) is 3.19. The summed E-state index contributed by atoms with van der Waals surface area (Å²) in [5, 5.41) is 17.4. The van der Waals surface area contributed by atoms with E-state index in [4.69, 9.17) is 10.4 Å². The summed E-state index contributed by atoms with van der Waals surface area (Å²) in [4.78, 5) is 0. The van der Waals surface area contributed by atoms with Gasteiger partial charge in [0.05, 0.1) is 12.1 Å². The third kappa shape index (κ3) is 1.84. The van der Waals surface area contributed by atoms with Gasteiger partial charge in [-0.15, -0.1) is 0 Å². The second-order valence-corrected chi connectivity index (χ2v) is 2.02. The topological polar surface area (TPSA) is 44.0 Å². The lowest BCUT2D eigenvalue weighted by Crippen LogP contribution is -1.79. The average molecular weight is 146 g/mol. The van der Waals surface area contributed by atoms with Crippen molar-refractivity contribution in [2.45, 2.75) is 0 Å². The molecule has 0 aromatic heterocycles. The zero-order valence-electron chi connectivity index (χ0n) is 5.86. The summed E-state index contributed by atoms with van der Waals surface area (Å²) in [7, 11) is 0. The molecule has 0 aliphatic carbocycles. The minimum absolute atomic E-state index is 0.00750. The fourth-order valence-corrected chi connectivity index (χ4v) is 0.753. The SMILES string of the molecule is N#[13C]/C=C(\O)c1ccccc1. The number of hydrogen-bond acceptors (Lipinski definition) is 2. The van der Waals surface area contributed by atoms with Crippen LogP contribution in [0.3, 0.4) is 0 Å². The number of aliphatic hydroxyl groups is 1. The van der Waals surface area contributed by atoms with Crippen LogP contribution in [-0.2, 0) is 0 Å². The number of nitriles is 1. The molecule has 1 aromatic rings. The average Bonchev–Trinajstić information content (AvgIpc) is 2.07. The maximum atomic E-state index is 9.16. The van der Waals surface area contributed by atoms with Gasteiger partial charge < -0.3 is 5.11 Å². The molecule has 0 fully saturated rings. The molecule has 0 atom stereocenters. The number of benzene rings is 1. The van der Waals surface area contributed by atoms with Gasteiger partial charge in [-0.3, -0.25) is 0 Å². The van der Waals surface area contributed by atoms with Gasteiger partial charge >= 0.3 is 0 Å². The van der Waals surface area contributed by atoms with Gasteiger partial charge in [0.15, 0.2) is 0 Å². The highest BCUT2D eigenvalue weighted by Crippen LogP contribution is 2.08. The quantitative estimate of drug-likeness (QED) is 0.374. The standard InChI is InChI=1S/C9H7NO/c10-7-6-9(11)8-4-2-1-3-5-8/h1-6,11H/b9-6-/i7+1. The number of aliphatic hydroxyl groups excluding tert-OH is 1. The first-order valence-corrected chi connectivity index (χ1v) is 3.19. The van der Waals surface area contributed by atoms with E-state index >= 15 is 0 Å². The van der Waals surface area contributed by atoms with Crippen LogP contribution in [0.25, 0.3) is 5.76 Å². The molecule has 1 rings (SSSR count). The van der Waals surface area contributed by atoms with Crippen LogP contribution >= 0.6 is 0 Å². The minimum Gasteiger partial charge on any atom is -0.507 e. The van der Waals surface area contributed by atoms with E-state index in [0.29, 0.717) is 5.56 Å². The summed E-state index contributed by atoms with van der Waals surface area (Å²) in [5.41, 5.74) is 0.661. The zero-order valence-corrected chi connectivity index (χ0v) is 5.86. The minimum atomic E-state index is 0.00750. The van der Waals surface area contributed by atoms with Crippen LogP contribution in [0.2, 0.25) is 0 Å². The fourth-order valence-electron chi connectivity index (χ4n) is 0.753. The maximum Gasteiger partial charge on any atom is 0.133 e. The van der Waals surface area contributed by atoms with Crippen molar-refractivity contribution in [3.8, 4) is 6.07 Å². The number of hydrogen-bond donors (Lipinski definition) is 1. The van der Waals surface area contributed by atoms with E-state index in [2.05, 4.69) is 0 Å². The Morgan fingerprint density at radius 2 is 2.00 bits per heavy atom. The molecule has 0 aliphatic heterocycles. The van der Waals surface area contributed by atoms with Gasteiger partial charge in [0.2, 0.25) is 0 Å². The van der Waals surface area contributed by atoms with E-state index in [0.717, 1.165) is 6.08 Å². The molecule has 0 saturated heterocycles. The third-order valence-electron chi connectivity index (χ3n) is 1.27. The molecular weight excluding hydrogens is 139 g/mol. The van der Waals surface area contributed by atoms with Crippen LogP contribution in [-0.4, -0.2) is 5.11 Å². The summed E-state index contributed by atoms with van der Waals surface area (Å²) in [6, 6.07) is 10.7.